The van der Waals surface area contributed by atoms with Crippen LogP contribution in [-0.2, 0) is 5.41 Å². The molecule has 0 fully saturated rings. The van der Waals surface area contributed by atoms with Gasteiger partial charge in [0, 0.05) is 38.5 Å². The Labute approximate surface area is 375 Å². The van der Waals surface area contributed by atoms with Crippen LogP contribution in [0.15, 0.2) is 228 Å². The average Bonchev–Trinajstić information content (AvgIpc) is 3.66. The highest BCUT2D eigenvalue weighted by Gasteiger charge is 2.50. The summed E-state index contributed by atoms with van der Waals surface area (Å²) in [4.78, 5) is 22.2. The molecule has 0 atom stereocenters. The molecule has 0 saturated carbocycles. The van der Waals surface area contributed by atoms with Crippen molar-refractivity contribution in [3.8, 4) is 67.4 Å². The summed E-state index contributed by atoms with van der Waals surface area (Å²) in [5, 5.41) is 3.52. The van der Waals surface area contributed by atoms with Gasteiger partial charge in [-0.15, -0.1) is 0 Å². The van der Waals surface area contributed by atoms with E-state index in [1.165, 1.54) is 48.6 Å². The van der Waals surface area contributed by atoms with Crippen molar-refractivity contribution < 1.29 is 0 Å². The molecule has 298 valence electrons. The molecule has 1 aliphatic heterocycles. The molecule has 0 radical (unpaired) electrons. The third-order valence-electron chi connectivity index (χ3n) is 13.0. The summed E-state index contributed by atoms with van der Waals surface area (Å²) < 4.78 is 0. The Balaban J connectivity index is 0.951. The zero-order valence-corrected chi connectivity index (χ0v) is 35.3. The van der Waals surface area contributed by atoms with Crippen molar-refractivity contribution in [1.29, 1.82) is 0 Å². The standard InChI is InChI=1S/C59H36N4S/c1-4-19-47-42(16-1)43-17-2-5-20-48(43)59(47)49-21-6-8-25-56(49)64-57-36-46-45(35-50(57)59)44-18-3-7-22-51(44)63-58(46)40-15-13-14-39(32-40)37-26-28-38(29-27-37)41-33-54(52-23-9-11-30-60-52)62-55(34-41)53-24-10-12-31-61-53/h1-36H. The fourth-order valence-electron chi connectivity index (χ4n) is 10.2. The Kier molecular flexibility index (Phi) is 8.33. The number of para-hydroxylation sites is 1. The van der Waals surface area contributed by atoms with Crippen LogP contribution in [0, 0.1) is 0 Å². The molecule has 0 N–H and O–H groups in total. The summed E-state index contributed by atoms with van der Waals surface area (Å²) in [6.07, 6.45) is 3.61. The Morgan fingerprint density at radius 2 is 0.922 bits per heavy atom. The Morgan fingerprint density at radius 3 is 1.61 bits per heavy atom. The van der Waals surface area contributed by atoms with Gasteiger partial charge in [0.15, 0.2) is 0 Å². The van der Waals surface area contributed by atoms with Crippen molar-refractivity contribution in [2.45, 2.75) is 15.2 Å². The Bertz CT molecular complexity index is 3540. The maximum Gasteiger partial charge on any atom is 0.0900 e. The zero-order chi connectivity index (χ0) is 42.2. The van der Waals surface area contributed by atoms with Gasteiger partial charge < -0.3 is 0 Å². The van der Waals surface area contributed by atoms with Crippen LogP contribution >= 0.6 is 11.8 Å². The van der Waals surface area contributed by atoms with Crippen LogP contribution in [-0.4, -0.2) is 19.9 Å². The van der Waals surface area contributed by atoms with Gasteiger partial charge >= 0.3 is 0 Å². The van der Waals surface area contributed by atoms with Crippen molar-refractivity contribution in [2.75, 3.05) is 0 Å². The number of fused-ring (bicyclic) bond motifs is 12. The van der Waals surface area contributed by atoms with Gasteiger partial charge in [0.2, 0.25) is 0 Å². The number of nitrogens with zero attached hydrogens (tertiary/aromatic N) is 4. The third-order valence-corrected chi connectivity index (χ3v) is 14.2. The number of pyridine rings is 4. The molecule has 4 aromatic heterocycles. The minimum absolute atomic E-state index is 0.453. The molecule has 0 amide bonds. The molecule has 64 heavy (non-hydrogen) atoms. The van der Waals surface area contributed by atoms with E-state index in [4.69, 9.17) is 9.97 Å². The molecule has 7 aromatic carbocycles. The van der Waals surface area contributed by atoms with E-state index in [1.54, 1.807) is 12.4 Å². The van der Waals surface area contributed by atoms with Gasteiger partial charge in [-0.25, -0.2) is 9.97 Å². The lowest BCUT2D eigenvalue weighted by molar-refractivity contribution is 0.724. The van der Waals surface area contributed by atoms with Gasteiger partial charge in [-0.05, 0) is 128 Å². The second-order valence-electron chi connectivity index (χ2n) is 16.5. The van der Waals surface area contributed by atoms with E-state index < -0.39 is 5.41 Å². The fraction of sp³-hybridized carbons (Fsp3) is 0.0169. The quantitative estimate of drug-likeness (QED) is 0.162. The topological polar surface area (TPSA) is 51.6 Å². The molecule has 13 rings (SSSR count). The number of benzene rings is 7. The summed E-state index contributed by atoms with van der Waals surface area (Å²) in [7, 11) is 0. The Morgan fingerprint density at radius 1 is 0.328 bits per heavy atom. The fourth-order valence-corrected chi connectivity index (χ4v) is 11.4. The second kappa shape index (κ2) is 14.6. The average molecular weight is 833 g/mol. The van der Waals surface area contributed by atoms with E-state index in [-0.39, 0.29) is 0 Å². The predicted molar refractivity (Wildman–Crippen MR) is 261 cm³/mol. The molecule has 0 unspecified atom stereocenters. The van der Waals surface area contributed by atoms with Crippen LogP contribution in [0.5, 0.6) is 0 Å². The highest BCUT2D eigenvalue weighted by atomic mass is 32.2. The number of hydrogen-bond donors (Lipinski definition) is 0. The van der Waals surface area contributed by atoms with E-state index in [1.807, 2.05) is 48.2 Å². The van der Waals surface area contributed by atoms with Gasteiger partial charge in [-0.1, -0.05) is 151 Å². The minimum atomic E-state index is -0.453. The van der Waals surface area contributed by atoms with Crippen LogP contribution in [0.2, 0.25) is 0 Å². The highest BCUT2D eigenvalue weighted by molar-refractivity contribution is 7.99. The first-order valence-electron chi connectivity index (χ1n) is 21.6. The lowest BCUT2D eigenvalue weighted by Crippen LogP contribution is -2.32. The van der Waals surface area contributed by atoms with Crippen molar-refractivity contribution in [1.82, 2.24) is 19.9 Å². The number of rotatable bonds is 5. The number of aromatic nitrogens is 4. The lowest BCUT2D eigenvalue weighted by atomic mass is 9.67. The van der Waals surface area contributed by atoms with Gasteiger partial charge in [-0.3, -0.25) is 9.97 Å². The summed E-state index contributed by atoms with van der Waals surface area (Å²) in [5.41, 5.74) is 18.2. The summed E-state index contributed by atoms with van der Waals surface area (Å²) >= 11 is 1.88. The largest absolute Gasteiger partial charge is 0.255 e. The first-order chi connectivity index (χ1) is 31.7. The second-order valence-corrected chi connectivity index (χ2v) is 17.6. The Hall–Kier alpha value is -7.99. The minimum Gasteiger partial charge on any atom is -0.255 e. The molecule has 4 nitrogen and oxygen atoms in total. The predicted octanol–water partition coefficient (Wildman–Crippen LogP) is 14.7. The van der Waals surface area contributed by atoms with Crippen molar-refractivity contribution in [3.63, 3.8) is 0 Å². The van der Waals surface area contributed by atoms with Gasteiger partial charge in [-0.2, -0.15) is 0 Å². The van der Waals surface area contributed by atoms with Crippen LogP contribution in [0.4, 0.5) is 0 Å². The van der Waals surface area contributed by atoms with Gasteiger partial charge in [0.1, 0.15) is 0 Å². The molecule has 1 aliphatic carbocycles. The first kappa shape index (κ1) is 36.6. The zero-order valence-electron chi connectivity index (χ0n) is 34.5. The molecule has 0 saturated heterocycles. The molecule has 0 bridgehead atoms. The SMILES string of the molecule is c1ccc(-c2cc(-c3ccc(-c4cccc(-c5nc6ccccc6c6cc7c(cc56)Sc5ccccc5C75c6ccccc6-c6ccccc65)c4)cc3)cc(-c3ccccn3)n2)nc1. The van der Waals surface area contributed by atoms with E-state index in [0.29, 0.717) is 0 Å². The van der Waals surface area contributed by atoms with E-state index in [0.717, 1.165) is 72.6 Å². The van der Waals surface area contributed by atoms with Crippen LogP contribution < -0.4 is 0 Å². The van der Waals surface area contributed by atoms with E-state index in [9.17, 15) is 0 Å². The van der Waals surface area contributed by atoms with E-state index >= 15 is 0 Å². The summed E-state index contributed by atoms with van der Waals surface area (Å²) in [6, 6.07) is 74.3. The molecule has 2 aliphatic rings. The molecule has 5 heterocycles. The third kappa shape index (κ3) is 5.64. The van der Waals surface area contributed by atoms with Gasteiger partial charge in [0.25, 0.3) is 0 Å². The van der Waals surface area contributed by atoms with Crippen molar-refractivity contribution in [2.24, 2.45) is 0 Å². The molecular formula is C59H36N4S. The first-order valence-corrected chi connectivity index (χ1v) is 22.4. The molecular weight excluding hydrogens is 797 g/mol. The van der Waals surface area contributed by atoms with Gasteiger partial charge in [0.05, 0.1) is 39.4 Å². The van der Waals surface area contributed by atoms with Crippen LogP contribution in [0.1, 0.15) is 22.3 Å². The summed E-state index contributed by atoms with van der Waals surface area (Å²) in [6.45, 7) is 0. The smallest absolute Gasteiger partial charge is 0.0900 e. The van der Waals surface area contributed by atoms with E-state index in [2.05, 4.69) is 180 Å². The summed E-state index contributed by atoms with van der Waals surface area (Å²) in [5.74, 6) is 0. The van der Waals surface area contributed by atoms with Crippen LogP contribution in [0.25, 0.3) is 89.1 Å². The normalized spacial score (nSPS) is 13.1. The maximum absolute atomic E-state index is 5.46. The highest BCUT2D eigenvalue weighted by Crippen LogP contribution is 2.62. The maximum atomic E-state index is 5.46. The molecule has 1 spiro atoms. The molecule has 11 aromatic rings. The lowest BCUT2D eigenvalue weighted by Gasteiger charge is -2.40. The number of hydrogen-bond acceptors (Lipinski definition) is 5. The van der Waals surface area contributed by atoms with Crippen molar-refractivity contribution >= 4 is 33.4 Å². The monoisotopic (exact) mass is 832 g/mol. The molecule has 5 heteroatoms. The van der Waals surface area contributed by atoms with Crippen molar-refractivity contribution in [3.05, 3.63) is 241 Å². The van der Waals surface area contributed by atoms with Crippen LogP contribution in [0.3, 0.4) is 0 Å².